The first kappa shape index (κ1) is 34.4. The van der Waals surface area contributed by atoms with Crippen molar-refractivity contribution in [3.8, 4) is 0 Å². The van der Waals surface area contributed by atoms with Crippen LogP contribution in [0.4, 0.5) is 17.2 Å². The van der Waals surface area contributed by atoms with E-state index in [1.165, 1.54) is 24.8 Å². The summed E-state index contributed by atoms with van der Waals surface area (Å²) in [5, 5.41) is 25.2. The third-order valence-electron chi connectivity index (χ3n) is 6.62. The Kier molecular flexibility index (Phi) is 9.15. The maximum Gasteiger partial charge on any atom is 0.475 e. The number of benzene rings is 1. The van der Waals surface area contributed by atoms with Gasteiger partial charge in [0.15, 0.2) is 12.0 Å². The number of nitro benzene ring substituents is 2. The van der Waals surface area contributed by atoms with Crippen LogP contribution in [0, 0.1) is 20.2 Å². The number of aromatic nitrogens is 2. The number of aliphatic imine (C=N–C) groups is 1. The maximum absolute atomic E-state index is 13.7. The Balaban J connectivity index is 1.39. The number of phosphoric acid groups is 1. The quantitative estimate of drug-likeness (QED) is 0.170. The van der Waals surface area contributed by atoms with Gasteiger partial charge in [0.25, 0.3) is 11.4 Å². The van der Waals surface area contributed by atoms with Gasteiger partial charge >= 0.3 is 7.82 Å². The summed E-state index contributed by atoms with van der Waals surface area (Å²) in [4.78, 5) is 30.6. The van der Waals surface area contributed by atoms with Crippen molar-refractivity contribution >= 4 is 43.1 Å². The zero-order valence-corrected chi connectivity index (χ0v) is 28.3. The molecule has 1 aromatic carbocycles. The van der Waals surface area contributed by atoms with Crippen LogP contribution in [-0.2, 0) is 32.3 Å². The molecule has 3 aliphatic rings. The number of nitrogens with zero attached hydrogens (tertiary/aromatic N) is 5. The molecule has 0 spiro atoms. The third kappa shape index (κ3) is 7.60. The summed E-state index contributed by atoms with van der Waals surface area (Å²) < 4.78 is 51.6. The first-order valence-corrected chi connectivity index (χ1v) is 16.7. The molecule has 3 aliphatic heterocycles. The number of thioether (sulfide) groups is 1. The minimum absolute atomic E-state index is 0.184. The number of imidazole rings is 1. The highest BCUT2D eigenvalue weighted by molar-refractivity contribution is 7.99. The van der Waals surface area contributed by atoms with Crippen LogP contribution in [0.1, 0.15) is 72.7 Å². The van der Waals surface area contributed by atoms with Crippen molar-refractivity contribution in [1.82, 2.24) is 9.55 Å². The van der Waals surface area contributed by atoms with Gasteiger partial charge in [-0.3, -0.25) is 43.4 Å². The summed E-state index contributed by atoms with van der Waals surface area (Å²) >= 11 is 1.02. The summed E-state index contributed by atoms with van der Waals surface area (Å²) in [7, 11) is -4.06. The first-order chi connectivity index (χ1) is 21.2. The summed E-state index contributed by atoms with van der Waals surface area (Å²) in [6, 6.07) is 3.44. The molecule has 5 atom stereocenters. The van der Waals surface area contributed by atoms with Gasteiger partial charge in [0.1, 0.15) is 35.2 Å². The van der Waals surface area contributed by atoms with E-state index in [4.69, 9.17) is 27.8 Å². The standard InChI is InChI=1S/C27H37N6O11PS/c1-25(2,3)43-45(38,44-26(4,5)6)39-12-17-20-21(42-27(7,8)41-20)24(40-17)31-14-30-19-22(31)28-13-29-23(19)46-18-10-9-15(32(34)35)11-16(18)33(36)37/h9-11,13-14,17,20-21,23-24H,12H2,1-8H3,(H,28,29)/t17-,20-,21-,23?,24-/m1/s1. The molecule has 5 rings (SSSR count). The van der Waals surface area contributed by atoms with Gasteiger partial charge in [-0.15, -0.1) is 0 Å². The Hall–Kier alpha value is -2.96. The van der Waals surface area contributed by atoms with Gasteiger partial charge in [0.2, 0.25) is 0 Å². The van der Waals surface area contributed by atoms with E-state index in [0.717, 1.165) is 17.8 Å². The van der Waals surface area contributed by atoms with Crippen LogP contribution in [0.25, 0.3) is 0 Å². The molecule has 1 N–H and O–H groups in total. The minimum atomic E-state index is -4.06. The molecule has 0 bridgehead atoms. The number of rotatable bonds is 10. The lowest BCUT2D eigenvalue weighted by atomic mass is 10.1. The van der Waals surface area contributed by atoms with Crippen LogP contribution >= 0.6 is 19.6 Å². The van der Waals surface area contributed by atoms with Gasteiger partial charge in [-0.25, -0.2) is 9.55 Å². The fourth-order valence-electron chi connectivity index (χ4n) is 5.13. The minimum Gasteiger partial charge on any atom is -0.347 e. The number of hydrogen-bond donors (Lipinski definition) is 1. The third-order valence-corrected chi connectivity index (χ3v) is 9.80. The fraction of sp³-hybridized carbons (Fsp3) is 0.630. The van der Waals surface area contributed by atoms with E-state index >= 15 is 0 Å². The van der Waals surface area contributed by atoms with Gasteiger partial charge < -0.3 is 19.5 Å². The van der Waals surface area contributed by atoms with Crippen LogP contribution in [0.5, 0.6) is 0 Å². The molecule has 17 nitrogen and oxygen atoms in total. The average Bonchev–Trinajstić information content (AvgIpc) is 3.56. The molecule has 46 heavy (non-hydrogen) atoms. The summed E-state index contributed by atoms with van der Waals surface area (Å²) in [6.45, 7) is 13.8. The molecule has 0 radical (unpaired) electrons. The Morgan fingerprint density at radius 1 is 1.07 bits per heavy atom. The second kappa shape index (κ2) is 12.2. The monoisotopic (exact) mass is 684 g/mol. The number of fused-ring (bicyclic) bond motifs is 2. The van der Waals surface area contributed by atoms with Crippen molar-refractivity contribution in [3.05, 3.63) is 50.4 Å². The largest absolute Gasteiger partial charge is 0.475 e. The van der Waals surface area contributed by atoms with E-state index in [1.807, 2.05) is 0 Å². The molecule has 4 heterocycles. The molecule has 252 valence electrons. The van der Waals surface area contributed by atoms with Crippen LogP contribution in [-0.4, -0.2) is 67.6 Å². The normalized spacial score (nSPS) is 25.6. The van der Waals surface area contributed by atoms with Crippen molar-refractivity contribution in [2.45, 2.75) is 107 Å². The van der Waals surface area contributed by atoms with Crippen molar-refractivity contribution < 1.29 is 42.2 Å². The summed E-state index contributed by atoms with van der Waals surface area (Å²) in [5.41, 5.74) is -2.02. The maximum atomic E-state index is 13.7. The van der Waals surface area contributed by atoms with Crippen LogP contribution in [0.2, 0.25) is 0 Å². The Morgan fingerprint density at radius 2 is 1.72 bits per heavy atom. The second-order valence-electron chi connectivity index (χ2n) is 13.2. The van der Waals surface area contributed by atoms with Crippen LogP contribution in [0.3, 0.4) is 0 Å². The van der Waals surface area contributed by atoms with Crippen molar-refractivity contribution in [2.75, 3.05) is 11.9 Å². The number of nitrogens with one attached hydrogen (secondary N) is 1. The molecular formula is C27H37N6O11PS. The Morgan fingerprint density at radius 3 is 2.33 bits per heavy atom. The van der Waals surface area contributed by atoms with E-state index < -0.39 is 75.9 Å². The highest BCUT2D eigenvalue weighted by atomic mass is 32.2. The van der Waals surface area contributed by atoms with E-state index in [0.29, 0.717) is 11.5 Å². The topological polar surface area (TPSA) is 201 Å². The zero-order chi connectivity index (χ0) is 33.8. The van der Waals surface area contributed by atoms with E-state index in [9.17, 15) is 24.8 Å². The van der Waals surface area contributed by atoms with Crippen LogP contribution in [0.15, 0.2) is 34.4 Å². The second-order valence-corrected chi connectivity index (χ2v) is 15.9. The predicted octanol–water partition coefficient (Wildman–Crippen LogP) is 6.12. The smallest absolute Gasteiger partial charge is 0.347 e. The number of non-ortho nitro benzene ring substituents is 1. The Labute approximate surface area is 269 Å². The average molecular weight is 685 g/mol. The number of hydrogen-bond acceptors (Lipinski definition) is 15. The number of phosphoric ester groups is 1. The fourth-order valence-corrected chi connectivity index (χ4v) is 7.99. The molecule has 2 fully saturated rings. The van der Waals surface area contributed by atoms with Gasteiger partial charge in [-0.05, 0) is 61.5 Å². The Bertz CT molecular complexity index is 1570. The predicted molar refractivity (Wildman–Crippen MR) is 166 cm³/mol. The number of ether oxygens (including phenoxy) is 3. The highest BCUT2D eigenvalue weighted by Crippen LogP contribution is 2.56. The molecule has 1 aromatic heterocycles. The van der Waals surface area contributed by atoms with E-state index in [-0.39, 0.29) is 11.5 Å². The number of nitro groups is 2. The molecule has 0 amide bonds. The molecule has 0 aliphatic carbocycles. The lowest BCUT2D eigenvalue weighted by Gasteiger charge is -2.32. The van der Waals surface area contributed by atoms with Crippen molar-refractivity contribution in [3.63, 3.8) is 0 Å². The molecule has 19 heteroatoms. The molecule has 2 aromatic rings. The van der Waals surface area contributed by atoms with E-state index in [1.54, 1.807) is 60.0 Å². The number of anilines is 1. The SMILES string of the molecule is CC(C)(C)OP(=O)(OC[C@H]1O[C@@H](n2cnc3c2NC=NC3Sc2ccc([N+](=O)[O-])cc2[N+](=O)[O-])[C@@H]2OC(C)(C)O[C@@H]21)OC(C)(C)C. The van der Waals surface area contributed by atoms with Gasteiger partial charge in [-0.2, -0.15) is 0 Å². The van der Waals surface area contributed by atoms with Crippen molar-refractivity contribution in [2.24, 2.45) is 4.99 Å². The first-order valence-electron chi connectivity index (χ1n) is 14.4. The van der Waals surface area contributed by atoms with E-state index in [2.05, 4.69) is 15.3 Å². The zero-order valence-electron chi connectivity index (χ0n) is 26.6. The van der Waals surface area contributed by atoms with Gasteiger partial charge in [0.05, 0.1) is 51.3 Å². The van der Waals surface area contributed by atoms with Crippen molar-refractivity contribution in [1.29, 1.82) is 0 Å². The van der Waals surface area contributed by atoms with Gasteiger partial charge in [-0.1, -0.05) is 11.8 Å². The lowest BCUT2D eigenvalue weighted by Crippen LogP contribution is -2.33. The molecular weight excluding hydrogens is 647 g/mol. The highest BCUT2D eigenvalue weighted by Gasteiger charge is 2.57. The van der Waals surface area contributed by atoms with Gasteiger partial charge in [0, 0.05) is 6.07 Å². The van der Waals surface area contributed by atoms with Crippen LogP contribution < -0.4 is 5.32 Å². The molecule has 2 saturated heterocycles. The summed E-state index contributed by atoms with van der Waals surface area (Å²) in [6.07, 6.45) is 0.182. The summed E-state index contributed by atoms with van der Waals surface area (Å²) in [5.74, 6) is -0.472. The lowest BCUT2D eigenvalue weighted by molar-refractivity contribution is -0.396. The molecule has 1 unspecified atom stereocenters. The molecule has 0 saturated carbocycles.